The molecule has 0 spiro atoms. The standard InChI is InChI=1S/C13H23N3O/c1-3-14-10-12-6-7-13(15-11-12)16(4-2)8-5-9-17/h6-7,11,14,17H,3-5,8-10H2,1-2H3. The number of anilines is 1. The van der Waals surface area contributed by atoms with Crippen LogP contribution in [0.25, 0.3) is 0 Å². The first-order chi connectivity index (χ1) is 8.31. The van der Waals surface area contributed by atoms with Crippen LogP contribution in [0.15, 0.2) is 18.3 Å². The predicted octanol–water partition coefficient (Wildman–Crippen LogP) is 1.40. The van der Waals surface area contributed by atoms with E-state index in [2.05, 4.69) is 35.1 Å². The highest BCUT2D eigenvalue weighted by Gasteiger charge is 2.04. The molecule has 2 N–H and O–H groups in total. The van der Waals surface area contributed by atoms with Gasteiger partial charge in [-0.25, -0.2) is 4.98 Å². The molecule has 1 rings (SSSR count). The van der Waals surface area contributed by atoms with Crippen molar-refractivity contribution in [2.24, 2.45) is 0 Å². The van der Waals surface area contributed by atoms with E-state index in [0.717, 1.165) is 38.4 Å². The van der Waals surface area contributed by atoms with Crippen molar-refractivity contribution in [3.63, 3.8) is 0 Å². The zero-order valence-electron chi connectivity index (χ0n) is 10.8. The first-order valence-corrected chi connectivity index (χ1v) is 6.33. The van der Waals surface area contributed by atoms with Gasteiger partial charge in [0, 0.05) is 32.4 Å². The summed E-state index contributed by atoms with van der Waals surface area (Å²) in [7, 11) is 0. The van der Waals surface area contributed by atoms with Gasteiger partial charge in [0.1, 0.15) is 5.82 Å². The summed E-state index contributed by atoms with van der Waals surface area (Å²) in [5.41, 5.74) is 1.20. The van der Waals surface area contributed by atoms with E-state index in [9.17, 15) is 0 Å². The van der Waals surface area contributed by atoms with E-state index in [4.69, 9.17) is 5.11 Å². The van der Waals surface area contributed by atoms with Gasteiger partial charge < -0.3 is 15.3 Å². The summed E-state index contributed by atoms with van der Waals surface area (Å²) in [4.78, 5) is 6.63. The van der Waals surface area contributed by atoms with Crippen molar-refractivity contribution in [3.8, 4) is 0 Å². The second-order valence-corrected chi connectivity index (χ2v) is 3.96. The normalized spacial score (nSPS) is 10.5. The van der Waals surface area contributed by atoms with Crippen molar-refractivity contribution in [2.45, 2.75) is 26.8 Å². The van der Waals surface area contributed by atoms with Crippen molar-refractivity contribution in [2.75, 3.05) is 31.1 Å². The number of aliphatic hydroxyl groups is 1. The fraction of sp³-hybridized carbons (Fsp3) is 0.615. The maximum atomic E-state index is 8.84. The van der Waals surface area contributed by atoms with E-state index in [1.165, 1.54) is 5.56 Å². The second kappa shape index (κ2) is 8.03. The van der Waals surface area contributed by atoms with E-state index in [1.807, 2.05) is 12.3 Å². The Morgan fingerprint density at radius 1 is 1.35 bits per heavy atom. The smallest absolute Gasteiger partial charge is 0.128 e. The lowest BCUT2D eigenvalue weighted by Gasteiger charge is -2.21. The summed E-state index contributed by atoms with van der Waals surface area (Å²) in [6.45, 7) is 8.04. The summed E-state index contributed by atoms with van der Waals surface area (Å²) in [5, 5.41) is 12.1. The van der Waals surface area contributed by atoms with E-state index in [-0.39, 0.29) is 6.61 Å². The SMILES string of the molecule is CCNCc1ccc(N(CC)CCCO)nc1. The Morgan fingerprint density at radius 2 is 2.18 bits per heavy atom. The molecule has 0 radical (unpaired) electrons. The van der Waals surface area contributed by atoms with Gasteiger partial charge in [-0.15, -0.1) is 0 Å². The lowest BCUT2D eigenvalue weighted by atomic mass is 10.2. The summed E-state index contributed by atoms with van der Waals surface area (Å²) >= 11 is 0. The average Bonchev–Trinajstić information content (AvgIpc) is 2.38. The number of pyridine rings is 1. The molecule has 17 heavy (non-hydrogen) atoms. The Kier molecular flexibility index (Phi) is 6.58. The molecular formula is C13H23N3O. The molecule has 4 nitrogen and oxygen atoms in total. The monoisotopic (exact) mass is 237 g/mol. The van der Waals surface area contributed by atoms with E-state index >= 15 is 0 Å². The Hall–Kier alpha value is -1.13. The molecule has 0 saturated heterocycles. The Morgan fingerprint density at radius 3 is 2.71 bits per heavy atom. The summed E-state index contributed by atoms with van der Waals surface area (Å²) < 4.78 is 0. The molecule has 0 bridgehead atoms. The Balaban J connectivity index is 2.57. The Bertz CT molecular complexity index is 300. The van der Waals surface area contributed by atoms with Crippen molar-refractivity contribution >= 4 is 5.82 Å². The Labute approximate surface area is 104 Å². The van der Waals surface area contributed by atoms with Crippen LogP contribution in [0.3, 0.4) is 0 Å². The van der Waals surface area contributed by atoms with E-state index < -0.39 is 0 Å². The quantitative estimate of drug-likeness (QED) is 0.717. The first kappa shape index (κ1) is 13.9. The number of aliphatic hydroxyl groups excluding tert-OH is 1. The molecule has 0 aliphatic carbocycles. The number of nitrogens with zero attached hydrogens (tertiary/aromatic N) is 2. The molecule has 1 aromatic rings. The van der Waals surface area contributed by atoms with Gasteiger partial charge in [-0.05, 0) is 31.5 Å². The molecule has 1 aromatic heterocycles. The van der Waals surface area contributed by atoms with Crippen LogP contribution in [0, 0.1) is 0 Å². The molecular weight excluding hydrogens is 214 g/mol. The largest absolute Gasteiger partial charge is 0.396 e. The molecule has 0 amide bonds. The maximum Gasteiger partial charge on any atom is 0.128 e. The van der Waals surface area contributed by atoms with Gasteiger partial charge in [0.2, 0.25) is 0 Å². The molecule has 0 aliphatic rings. The van der Waals surface area contributed by atoms with Crippen LogP contribution in [-0.4, -0.2) is 36.3 Å². The van der Waals surface area contributed by atoms with Gasteiger partial charge >= 0.3 is 0 Å². The number of aromatic nitrogens is 1. The first-order valence-electron chi connectivity index (χ1n) is 6.33. The lowest BCUT2D eigenvalue weighted by molar-refractivity contribution is 0.289. The number of hydrogen-bond acceptors (Lipinski definition) is 4. The van der Waals surface area contributed by atoms with Crippen molar-refractivity contribution in [1.29, 1.82) is 0 Å². The fourth-order valence-corrected chi connectivity index (χ4v) is 1.67. The molecule has 96 valence electrons. The highest BCUT2D eigenvalue weighted by atomic mass is 16.3. The van der Waals surface area contributed by atoms with E-state index in [0.29, 0.717) is 0 Å². The van der Waals surface area contributed by atoms with Gasteiger partial charge in [-0.1, -0.05) is 13.0 Å². The summed E-state index contributed by atoms with van der Waals surface area (Å²) in [5.74, 6) is 0.987. The molecule has 4 heteroatoms. The maximum absolute atomic E-state index is 8.84. The third-order valence-corrected chi connectivity index (χ3v) is 2.68. The fourth-order valence-electron chi connectivity index (χ4n) is 1.67. The number of nitrogens with one attached hydrogen (secondary N) is 1. The minimum Gasteiger partial charge on any atom is -0.396 e. The lowest BCUT2D eigenvalue weighted by Crippen LogP contribution is -2.25. The van der Waals surface area contributed by atoms with Crippen LogP contribution in [-0.2, 0) is 6.54 Å². The summed E-state index contributed by atoms with van der Waals surface area (Å²) in [6, 6.07) is 4.15. The van der Waals surface area contributed by atoms with Crippen molar-refractivity contribution in [1.82, 2.24) is 10.3 Å². The van der Waals surface area contributed by atoms with Crippen LogP contribution in [0.2, 0.25) is 0 Å². The van der Waals surface area contributed by atoms with Crippen LogP contribution in [0.4, 0.5) is 5.82 Å². The van der Waals surface area contributed by atoms with Crippen LogP contribution in [0.5, 0.6) is 0 Å². The average molecular weight is 237 g/mol. The van der Waals surface area contributed by atoms with Crippen LogP contribution in [0.1, 0.15) is 25.8 Å². The molecule has 0 aliphatic heterocycles. The minimum absolute atomic E-state index is 0.231. The van der Waals surface area contributed by atoms with Gasteiger partial charge in [0.05, 0.1) is 0 Å². The topological polar surface area (TPSA) is 48.4 Å². The molecule has 0 saturated carbocycles. The highest BCUT2D eigenvalue weighted by Crippen LogP contribution is 2.11. The van der Waals surface area contributed by atoms with Crippen molar-refractivity contribution in [3.05, 3.63) is 23.9 Å². The third kappa shape index (κ3) is 4.71. The zero-order valence-corrected chi connectivity index (χ0v) is 10.8. The molecule has 0 fully saturated rings. The van der Waals surface area contributed by atoms with Gasteiger partial charge in [0.25, 0.3) is 0 Å². The molecule has 0 aromatic carbocycles. The molecule has 0 atom stereocenters. The summed E-state index contributed by atoms with van der Waals surface area (Å²) in [6.07, 6.45) is 2.70. The van der Waals surface area contributed by atoms with Crippen LogP contribution < -0.4 is 10.2 Å². The predicted molar refractivity (Wildman–Crippen MR) is 71.2 cm³/mol. The zero-order chi connectivity index (χ0) is 12.5. The van der Waals surface area contributed by atoms with Gasteiger partial charge in [-0.2, -0.15) is 0 Å². The van der Waals surface area contributed by atoms with Crippen molar-refractivity contribution < 1.29 is 5.11 Å². The number of rotatable bonds is 8. The number of hydrogen-bond donors (Lipinski definition) is 2. The van der Waals surface area contributed by atoms with Gasteiger partial charge in [0.15, 0.2) is 0 Å². The van der Waals surface area contributed by atoms with E-state index in [1.54, 1.807) is 0 Å². The van der Waals surface area contributed by atoms with Crippen LogP contribution >= 0.6 is 0 Å². The third-order valence-electron chi connectivity index (χ3n) is 2.68. The molecule has 0 unspecified atom stereocenters. The highest BCUT2D eigenvalue weighted by molar-refractivity contribution is 5.39. The second-order valence-electron chi connectivity index (χ2n) is 3.96. The minimum atomic E-state index is 0.231. The molecule has 1 heterocycles. The van der Waals surface area contributed by atoms with Gasteiger partial charge in [-0.3, -0.25) is 0 Å².